The average molecular weight is 457 g/mol. The van der Waals surface area contributed by atoms with Gasteiger partial charge in [-0.2, -0.15) is 11.8 Å². The molecule has 0 aliphatic carbocycles. The van der Waals surface area contributed by atoms with Crippen LogP contribution in [0.3, 0.4) is 0 Å². The van der Waals surface area contributed by atoms with Crippen LogP contribution in [0.5, 0.6) is 5.75 Å². The fourth-order valence-corrected chi connectivity index (χ4v) is 3.97. The molecule has 1 amide bonds. The van der Waals surface area contributed by atoms with E-state index in [1.165, 1.54) is 43.0 Å². The topological polar surface area (TPSA) is 143 Å². The lowest BCUT2D eigenvalue weighted by molar-refractivity contribution is -0.468. The molecule has 0 fully saturated rings. The minimum atomic E-state index is -0.738. The highest BCUT2D eigenvalue weighted by molar-refractivity contribution is 8.00. The predicted molar refractivity (Wildman–Crippen MR) is 123 cm³/mol. The zero-order chi connectivity index (χ0) is 23.3. The van der Waals surface area contributed by atoms with Gasteiger partial charge in [-0.25, -0.2) is 0 Å². The quantitative estimate of drug-likeness (QED) is 0.252. The van der Waals surface area contributed by atoms with Crippen LogP contribution >= 0.6 is 11.8 Å². The summed E-state index contributed by atoms with van der Waals surface area (Å²) in [6.45, 7) is 1.75. The second kappa shape index (κ2) is 10.3. The SMILES string of the molecule is Cc1c(C(=O)CSCCNC(=O)[C@@H](N)Cc2ccc(O)cc2)[n+](=O)c2ccccc2n1[O-]. The zero-order valence-electron chi connectivity index (χ0n) is 17.5. The summed E-state index contributed by atoms with van der Waals surface area (Å²) >= 11 is 1.25. The molecular formula is C22H24N4O5S. The lowest BCUT2D eigenvalue weighted by Gasteiger charge is -2.16. The first-order valence-electron chi connectivity index (χ1n) is 9.96. The Morgan fingerprint density at radius 3 is 2.62 bits per heavy atom. The van der Waals surface area contributed by atoms with Crippen LogP contribution in [0.4, 0.5) is 0 Å². The number of hydrogen-bond acceptors (Lipinski definition) is 7. The van der Waals surface area contributed by atoms with E-state index in [1.807, 2.05) is 0 Å². The van der Waals surface area contributed by atoms with Crippen LogP contribution in [0.1, 0.15) is 21.7 Å². The van der Waals surface area contributed by atoms with Crippen molar-refractivity contribution in [2.45, 2.75) is 19.4 Å². The van der Waals surface area contributed by atoms with Crippen LogP contribution in [0.2, 0.25) is 0 Å². The number of nitrogens with two attached hydrogens (primary N) is 1. The smallest absolute Gasteiger partial charge is 0.325 e. The largest absolute Gasteiger partial charge is 0.805 e. The number of rotatable bonds is 9. The van der Waals surface area contributed by atoms with Crippen LogP contribution in [0.25, 0.3) is 11.0 Å². The number of carbonyl (C=O) groups excluding carboxylic acids is 2. The monoisotopic (exact) mass is 456 g/mol. The second-order valence-corrected chi connectivity index (χ2v) is 8.36. The Morgan fingerprint density at radius 1 is 1.22 bits per heavy atom. The molecule has 1 atom stereocenters. The average Bonchev–Trinajstić information content (AvgIpc) is 2.78. The summed E-state index contributed by atoms with van der Waals surface area (Å²) in [5, 5.41) is 24.4. The molecule has 32 heavy (non-hydrogen) atoms. The minimum absolute atomic E-state index is 0.00312. The molecule has 2 aromatic carbocycles. The van der Waals surface area contributed by atoms with Gasteiger partial charge in [0.15, 0.2) is 0 Å². The molecule has 0 saturated heterocycles. The normalized spacial score (nSPS) is 11.9. The highest BCUT2D eigenvalue weighted by atomic mass is 32.2. The van der Waals surface area contributed by atoms with E-state index >= 15 is 0 Å². The van der Waals surface area contributed by atoms with Gasteiger partial charge in [0.2, 0.25) is 11.7 Å². The maximum absolute atomic E-state index is 12.6. The minimum Gasteiger partial charge on any atom is -0.805 e. The van der Waals surface area contributed by atoms with Crippen LogP contribution in [-0.4, -0.2) is 45.6 Å². The summed E-state index contributed by atoms with van der Waals surface area (Å²) in [4.78, 5) is 37.4. The molecule has 1 aromatic heterocycles. The number of thioether (sulfide) groups is 1. The van der Waals surface area contributed by atoms with E-state index in [1.54, 1.807) is 24.3 Å². The summed E-state index contributed by atoms with van der Waals surface area (Å²) in [6, 6.07) is 12.0. The molecule has 3 rings (SSSR count). The number of nitrogens with one attached hydrogen (secondary N) is 1. The third-order valence-electron chi connectivity index (χ3n) is 4.94. The number of carbonyl (C=O) groups is 2. The lowest BCUT2D eigenvalue weighted by Crippen LogP contribution is -2.42. The lowest BCUT2D eigenvalue weighted by atomic mass is 10.1. The van der Waals surface area contributed by atoms with Gasteiger partial charge in [-0.15, -0.1) is 0 Å². The summed E-state index contributed by atoms with van der Waals surface area (Å²) in [7, 11) is 0. The first-order valence-corrected chi connectivity index (χ1v) is 11.1. The van der Waals surface area contributed by atoms with Gasteiger partial charge >= 0.3 is 5.69 Å². The Balaban J connectivity index is 1.50. The van der Waals surface area contributed by atoms with Gasteiger partial charge in [-0.1, -0.05) is 24.3 Å². The number of phenols is 1. The van der Waals surface area contributed by atoms with Gasteiger partial charge in [0.25, 0.3) is 5.52 Å². The standard InChI is InChI=1S/C22H24N4O5S/c1-14-21(26(31)19-5-3-2-4-18(19)25(14)30)20(28)13-32-11-10-24-22(29)17(23)12-15-6-8-16(27)9-7-15/h2-9,17,27H,10-13,23H2,1H3,(H,24,29)/t17-/m0/s1. The zero-order valence-corrected chi connectivity index (χ0v) is 18.3. The molecule has 1 heterocycles. The fourth-order valence-electron chi connectivity index (χ4n) is 3.26. The van der Waals surface area contributed by atoms with Gasteiger partial charge in [-0.05, 0) is 37.1 Å². The van der Waals surface area contributed by atoms with E-state index in [4.69, 9.17) is 5.73 Å². The van der Waals surface area contributed by atoms with E-state index < -0.39 is 11.8 Å². The third-order valence-corrected chi connectivity index (χ3v) is 5.90. The van der Waals surface area contributed by atoms with E-state index in [9.17, 15) is 24.8 Å². The Morgan fingerprint density at radius 2 is 1.91 bits per heavy atom. The maximum atomic E-state index is 12.6. The van der Waals surface area contributed by atoms with Crippen molar-refractivity contribution in [1.29, 1.82) is 0 Å². The van der Waals surface area contributed by atoms with Crippen molar-refractivity contribution in [3.63, 3.8) is 0 Å². The van der Waals surface area contributed by atoms with E-state index in [2.05, 4.69) is 5.32 Å². The molecule has 4 N–H and O–H groups in total. The number of Topliss-reactive ketones (excluding diaryl/α,β-unsaturated/α-hetero) is 1. The number of aromatic hydroxyl groups is 1. The third kappa shape index (κ3) is 5.27. The molecule has 0 radical (unpaired) electrons. The van der Waals surface area contributed by atoms with E-state index in [0.29, 0.717) is 27.9 Å². The Hall–Kier alpha value is -3.37. The van der Waals surface area contributed by atoms with Crippen LogP contribution < -0.4 is 15.5 Å². The molecular weight excluding hydrogens is 432 g/mol. The van der Waals surface area contributed by atoms with Crippen molar-refractivity contribution in [1.82, 2.24) is 10.0 Å². The van der Waals surface area contributed by atoms with Crippen molar-refractivity contribution < 1.29 is 19.1 Å². The first-order chi connectivity index (χ1) is 15.3. The van der Waals surface area contributed by atoms with Crippen molar-refractivity contribution in [3.8, 4) is 5.75 Å². The molecule has 9 nitrogen and oxygen atoms in total. The first kappa shape index (κ1) is 23.3. The number of para-hydroxylation sites is 2. The molecule has 168 valence electrons. The number of aromatic nitrogens is 2. The van der Waals surface area contributed by atoms with Gasteiger partial charge in [-0.3, -0.25) is 9.59 Å². The molecule has 0 aliphatic rings. The van der Waals surface area contributed by atoms with Crippen LogP contribution in [0, 0.1) is 17.0 Å². The summed E-state index contributed by atoms with van der Waals surface area (Å²) in [5.74, 6) is -0.193. The number of hydrogen-bond donors (Lipinski definition) is 3. The Kier molecular flexibility index (Phi) is 7.49. The summed E-state index contributed by atoms with van der Waals surface area (Å²) < 4.78 is 1.10. The molecule has 0 aliphatic heterocycles. The number of nitrogens with zero attached hydrogens (tertiary/aromatic N) is 2. The highest BCUT2D eigenvalue weighted by Crippen LogP contribution is 2.15. The Labute approximate surface area is 188 Å². The number of benzene rings is 2. The van der Waals surface area contributed by atoms with Crippen molar-refractivity contribution in [2.24, 2.45) is 5.73 Å². The number of phenolic OH excluding ortho intramolecular Hbond substituents is 1. The van der Waals surface area contributed by atoms with Gasteiger partial charge in [0.1, 0.15) is 11.3 Å². The number of fused-ring (bicyclic) bond motifs is 1. The number of ketones is 1. The van der Waals surface area contributed by atoms with E-state index in [0.717, 1.165) is 5.56 Å². The van der Waals surface area contributed by atoms with Gasteiger partial charge in [0, 0.05) is 23.3 Å². The van der Waals surface area contributed by atoms with Crippen LogP contribution in [-0.2, 0) is 11.2 Å². The summed E-state index contributed by atoms with van der Waals surface area (Å²) in [5.41, 5.74) is 6.96. The fraction of sp³-hybridized carbons (Fsp3) is 0.273. The molecule has 0 bridgehead atoms. The highest BCUT2D eigenvalue weighted by Gasteiger charge is 2.26. The van der Waals surface area contributed by atoms with E-state index in [-0.39, 0.29) is 39.8 Å². The number of amides is 1. The molecule has 10 heteroatoms. The molecule has 3 aromatic rings. The second-order valence-electron chi connectivity index (χ2n) is 7.26. The maximum Gasteiger partial charge on any atom is 0.325 e. The molecule has 0 spiro atoms. The van der Waals surface area contributed by atoms with Crippen molar-refractivity contribution in [2.75, 3.05) is 18.1 Å². The predicted octanol–water partition coefficient (Wildman–Crippen LogP) is 1.52. The van der Waals surface area contributed by atoms with Gasteiger partial charge in [0.05, 0.1) is 21.9 Å². The Bertz CT molecular complexity index is 1190. The van der Waals surface area contributed by atoms with Crippen LogP contribution in [0.15, 0.2) is 48.5 Å². The van der Waals surface area contributed by atoms with Gasteiger partial charge < -0.3 is 26.1 Å². The van der Waals surface area contributed by atoms with Crippen molar-refractivity contribution in [3.05, 3.63) is 75.6 Å². The van der Waals surface area contributed by atoms with Crippen molar-refractivity contribution >= 4 is 34.5 Å². The molecule has 0 saturated carbocycles. The summed E-state index contributed by atoms with van der Waals surface area (Å²) in [6.07, 6.45) is 0.331. The molecule has 0 unspecified atom stereocenters.